The van der Waals surface area contributed by atoms with Crippen LogP contribution in [-0.4, -0.2) is 0 Å². The highest BCUT2D eigenvalue weighted by Gasteiger charge is 2.31. The van der Waals surface area contributed by atoms with Crippen LogP contribution in [0.2, 0.25) is 0 Å². The normalized spacial score (nSPS) is 13.5. The Labute approximate surface area is 120 Å². The Kier molecular flexibility index (Phi) is 4.29. The summed E-state index contributed by atoms with van der Waals surface area (Å²) in [7, 11) is 0. The number of thiophene rings is 1. The Morgan fingerprint density at radius 1 is 1.21 bits per heavy atom. The molecule has 1 atom stereocenters. The molecule has 0 bridgehead atoms. The fourth-order valence-electron chi connectivity index (χ4n) is 1.72. The summed E-state index contributed by atoms with van der Waals surface area (Å²) in [4.78, 5) is 0.841. The van der Waals surface area contributed by atoms with Gasteiger partial charge in [0.2, 0.25) is 0 Å². The summed E-state index contributed by atoms with van der Waals surface area (Å²) in [6.45, 7) is 0. The topological polar surface area (TPSA) is 38.0 Å². The summed E-state index contributed by atoms with van der Waals surface area (Å²) >= 11 is 4.74. The van der Waals surface area contributed by atoms with E-state index < -0.39 is 17.8 Å². The Hall–Kier alpha value is -0.890. The van der Waals surface area contributed by atoms with Crippen molar-refractivity contribution in [2.45, 2.75) is 12.2 Å². The first-order valence-corrected chi connectivity index (χ1v) is 6.91. The van der Waals surface area contributed by atoms with Gasteiger partial charge >= 0.3 is 6.18 Å². The molecule has 1 aromatic heterocycles. The van der Waals surface area contributed by atoms with Crippen molar-refractivity contribution in [2.24, 2.45) is 5.84 Å². The maximum absolute atomic E-state index is 12.7. The highest BCUT2D eigenvalue weighted by Crippen LogP contribution is 2.34. The van der Waals surface area contributed by atoms with Gasteiger partial charge in [0.1, 0.15) is 0 Å². The van der Waals surface area contributed by atoms with Crippen molar-refractivity contribution in [3.05, 3.63) is 56.2 Å². The van der Waals surface area contributed by atoms with Crippen LogP contribution < -0.4 is 11.3 Å². The largest absolute Gasteiger partial charge is 0.416 e. The summed E-state index contributed by atoms with van der Waals surface area (Å²) in [5.41, 5.74) is 2.35. The maximum atomic E-state index is 12.7. The van der Waals surface area contributed by atoms with Crippen molar-refractivity contribution in [1.29, 1.82) is 0 Å². The number of hydrogen-bond acceptors (Lipinski definition) is 3. The minimum atomic E-state index is -4.36. The lowest BCUT2D eigenvalue weighted by atomic mass is 10.0. The van der Waals surface area contributed by atoms with Gasteiger partial charge in [-0.05, 0) is 45.8 Å². The van der Waals surface area contributed by atoms with E-state index in [1.807, 2.05) is 12.1 Å². The summed E-state index contributed by atoms with van der Waals surface area (Å²) in [5.74, 6) is 5.47. The Morgan fingerprint density at radius 2 is 1.95 bits per heavy atom. The van der Waals surface area contributed by atoms with Crippen molar-refractivity contribution in [2.75, 3.05) is 0 Å². The van der Waals surface area contributed by atoms with E-state index in [9.17, 15) is 13.2 Å². The van der Waals surface area contributed by atoms with Crippen LogP contribution in [0.25, 0.3) is 0 Å². The molecule has 0 aliphatic carbocycles. The third kappa shape index (κ3) is 3.36. The number of nitrogens with one attached hydrogen (secondary N) is 1. The molecule has 0 saturated heterocycles. The van der Waals surface area contributed by atoms with Crippen LogP contribution in [0.15, 0.2) is 40.2 Å². The molecule has 0 saturated carbocycles. The molecule has 0 aliphatic heterocycles. The fourth-order valence-corrected chi connectivity index (χ4v) is 3.23. The second-order valence-electron chi connectivity index (χ2n) is 3.86. The van der Waals surface area contributed by atoms with Crippen LogP contribution in [0.4, 0.5) is 13.2 Å². The summed E-state index contributed by atoms with van der Waals surface area (Å²) in [6.07, 6.45) is -4.36. The van der Waals surface area contributed by atoms with Gasteiger partial charge in [-0.3, -0.25) is 5.84 Å². The molecule has 7 heteroatoms. The molecule has 1 heterocycles. The number of alkyl halides is 3. The SMILES string of the molecule is NNC(c1cccc(C(F)(F)F)c1)c1ccc(Br)s1. The molecule has 0 spiro atoms. The van der Waals surface area contributed by atoms with E-state index in [0.717, 1.165) is 20.8 Å². The predicted octanol–water partition coefficient (Wildman–Crippen LogP) is 4.08. The lowest BCUT2D eigenvalue weighted by molar-refractivity contribution is -0.137. The lowest BCUT2D eigenvalue weighted by Crippen LogP contribution is -2.28. The standard InChI is InChI=1S/C12H10BrF3N2S/c13-10-5-4-9(19-10)11(18-17)7-2-1-3-8(6-7)12(14,15)16/h1-6,11,18H,17H2. The van der Waals surface area contributed by atoms with Gasteiger partial charge < -0.3 is 0 Å². The number of hydrogen-bond donors (Lipinski definition) is 2. The average Bonchev–Trinajstić information content (AvgIpc) is 2.76. The molecule has 1 unspecified atom stereocenters. The average molecular weight is 351 g/mol. The number of halogens is 4. The molecule has 19 heavy (non-hydrogen) atoms. The van der Waals surface area contributed by atoms with Gasteiger partial charge in [-0.25, -0.2) is 5.43 Å². The van der Waals surface area contributed by atoms with Crippen LogP contribution in [0, 0.1) is 0 Å². The van der Waals surface area contributed by atoms with Crippen molar-refractivity contribution >= 4 is 27.3 Å². The zero-order valence-corrected chi connectivity index (χ0v) is 11.9. The van der Waals surface area contributed by atoms with Crippen LogP contribution >= 0.6 is 27.3 Å². The van der Waals surface area contributed by atoms with E-state index in [0.29, 0.717) is 5.56 Å². The zero-order chi connectivity index (χ0) is 14.0. The minimum Gasteiger partial charge on any atom is -0.271 e. The Balaban J connectivity index is 2.39. The van der Waals surface area contributed by atoms with E-state index >= 15 is 0 Å². The third-order valence-electron chi connectivity index (χ3n) is 2.59. The first-order chi connectivity index (χ1) is 8.91. The molecule has 2 rings (SSSR count). The van der Waals surface area contributed by atoms with Gasteiger partial charge in [0.25, 0.3) is 0 Å². The third-order valence-corrected chi connectivity index (χ3v) is 4.28. The second kappa shape index (κ2) is 5.62. The smallest absolute Gasteiger partial charge is 0.271 e. The monoisotopic (exact) mass is 350 g/mol. The van der Waals surface area contributed by atoms with Gasteiger partial charge in [-0.1, -0.05) is 12.1 Å². The maximum Gasteiger partial charge on any atom is 0.416 e. The van der Waals surface area contributed by atoms with Crippen molar-refractivity contribution in [1.82, 2.24) is 5.43 Å². The molecule has 0 fully saturated rings. The predicted molar refractivity (Wildman–Crippen MR) is 72.6 cm³/mol. The van der Waals surface area contributed by atoms with Gasteiger partial charge in [0.15, 0.2) is 0 Å². The van der Waals surface area contributed by atoms with Crippen LogP contribution in [0.3, 0.4) is 0 Å². The molecule has 0 amide bonds. The molecule has 3 N–H and O–H groups in total. The summed E-state index contributed by atoms with van der Waals surface area (Å²) in [6, 6.07) is 8.34. The van der Waals surface area contributed by atoms with Crippen molar-refractivity contribution in [3.63, 3.8) is 0 Å². The fraction of sp³-hybridized carbons (Fsp3) is 0.167. The summed E-state index contributed by atoms with van der Waals surface area (Å²) in [5, 5.41) is 0. The molecular weight excluding hydrogens is 341 g/mol. The number of rotatable bonds is 3. The van der Waals surface area contributed by atoms with E-state index in [2.05, 4.69) is 21.4 Å². The number of benzene rings is 1. The van der Waals surface area contributed by atoms with E-state index in [1.165, 1.54) is 17.4 Å². The first-order valence-electron chi connectivity index (χ1n) is 5.30. The highest BCUT2D eigenvalue weighted by molar-refractivity contribution is 9.11. The lowest BCUT2D eigenvalue weighted by Gasteiger charge is -2.16. The number of hydrazine groups is 1. The van der Waals surface area contributed by atoms with Gasteiger partial charge in [0, 0.05) is 4.88 Å². The van der Waals surface area contributed by atoms with E-state index in [1.54, 1.807) is 6.07 Å². The minimum absolute atomic E-state index is 0.460. The summed E-state index contributed by atoms with van der Waals surface area (Å²) < 4.78 is 39.0. The van der Waals surface area contributed by atoms with Crippen LogP contribution in [0.1, 0.15) is 22.0 Å². The van der Waals surface area contributed by atoms with E-state index in [4.69, 9.17) is 5.84 Å². The molecule has 1 aromatic carbocycles. The zero-order valence-electron chi connectivity index (χ0n) is 9.54. The van der Waals surface area contributed by atoms with Crippen LogP contribution in [-0.2, 0) is 6.18 Å². The first kappa shape index (κ1) is 14.5. The van der Waals surface area contributed by atoms with Gasteiger partial charge in [-0.15, -0.1) is 11.3 Å². The molecule has 0 aliphatic rings. The molecule has 0 radical (unpaired) electrons. The molecule has 2 nitrogen and oxygen atoms in total. The second-order valence-corrected chi connectivity index (χ2v) is 6.36. The highest BCUT2D eigenvalue weighted by atomic mass is 79.9. The molecule has 2 aromatic rings. The Bertz CT molecular complexity index is 568. The molecular formula is C12H10BrF3N2S. The quantitative estimate of drug-likeness (QED) is 0.646. The van der Waals surface area contributed by atoms with Crippen molar-refractivity contribution in [3.8, 4) is 0 Å². The van der Waals surface area contributed by atoms with Crippen LogP contribution in [0.5, 0.6) is 0 Å². The Morgan fingerprint density at radius 3 is 2.47 bits per heavy atom. The van der Waals surface area contributed by atoms with Gasteiger partial charge in [0.05, 0.1) is 15.4 Å². The number of nitrogens with two attached hydrogens (primary N) is 1. The molecule has 102 valence electrons. The van der Waals surface area contributed by atoms with Crippen molar-refractivity contribution < 1.29 is 13.2 Å². The van der Waals surface area contributed by atoms with E-state index in [-0.39, 0.29) is 0 Å². The van der Waals surface area contributed by atoms with Gasteiger partial charge in [-0.2, -0.15) is 13.2 Å².